The van der Waals surface area contributed by atoms with Gasteiger partial charge in [0.1, 0.15) is 5.01 Å². The molecule has 0 aliphatic heterocycles. The zero-order valence-corrected chi connectivity index (χ0v) is 10.7. The Morgan fingerprint density at radius 2 is 1.73 bits per heavy atom. The van der Waals surface area contributed by atoms with Crippen molar-refractivity contribution >= 4 is 24.0 Å². The van der Waals surface area contributed by atoms with Crippen molar-refractivity contribution in [1.82, 2.24) is 0 Å². The summed E-state index contributed by atoms with van der Waals surface area (Å²) in [6.45, 7) is 11.4. The zero-order chi connectivity index (χ0) is 9.28. The van der Waals surface area contributed by atoms with Gasteiger partial charge in [-0.05, 0) is 11.1 Å². The van der Waals surface area contributed by atoms with E-state index in [9.17, 15) is 5.11 Å². The van der Waals surface area contributed by atoms with E-state index < -0.39 is 8.07 Å². The molecule has 1 N–H and O–H groups in total. The minimum atomic E-state index is -1.26. The van der Waals surface area contributed by atoms with E-state index in [1.165, 1.54) is 0 Å². The van der Waals surface area contributed by atoms with Crippen LogP contribution in [0.15, 0.2) is 0 Å². The van der Waals surface area contributed by atoms with Crippen LogP contribution in [-0.2, 0) is 0 Å². The van der Waals surface area contributed by atoms with Crippen molar-refractivity contribution in [2.75, 3.05) is 0 Å². The summed E-state index contributed by atoms with van der Waals surface area (Å²) in [6.07, 6.45) is 0. The fraction of sp³-hybridized carbons (Fsp3) is 1.00. The summed E-state index contributed by atoms with van der Waals surface area (Å²) < 4.78 is 0. The molecule has 0 amide bonds. The maximum atomic E-state index is 9.20. The smallest absolute Gasteiger partial charge is 0.106 e. The number of hydrogen-bond acceptors (Lipinski definition) is 1. The van der Waals surface area contributed by atoms with Gasteiger partial charge in [-0.25, -0.2) is 0 Å². The first-order valence-electron chi connectivity index (χ1n) is 3.99. The molecule has 0 aromatic heterocycles. The van der Waals surface area contributed by atoms with Gasteiger partial charge >= 0.3 is 0 Å². The van der Waals surface area contributed by atoms with Crippen LogP contribution in [0, 0.1) is 0 Å². The average Bonchev–Trinajstić information content (AvgIpc) is 1.56. The van der Waals surface area contributed by atoms with Crippen LogP contribution in [0.1, 0.15) is 20.8 Å². The molecule has 0 bridgehead atoms. The molecule has 68 valence electrons. The summed E-state index contributed by atoms with van der Waals surface area (Å²) in [5.74, 6) is 0. The maximum Gasteiger partial charge on any atom is 0.106 e. The van der Waals surface area contributed by atoms with Crippen LogP contribution in [0.4, 0.5) is 0 Å². The first-order chi connectivity index (χ1) is 4.67. The van der Waals surface area contributed by atoms with Crippen molar-refractivity contribution in [2.45, 2.75) is 50.0 Å². The summed E-state index contributed by atoms with van der Waals surface area (Å²) in [7, 11) is -1.26. The molecule has 0 aromatic rings. The quantitative estimate of drug-likeness (QED) is 0.579. The molecule has 1 nitrogen and oxygen atoms in total. The first kappa shape index (κ1) is 11.7. The Labute approximate surface area is 79.3 Å². The van der Waals surface area contributed by atoms with Gasteiger partial charge < -0.3 is 5.11 Å². The Balaban J connectivity index is 4.22. The minimum absolute atomic E-state index is 0.316. The third-order valence-electron chi connectivity index (χ3n) is 2.71. The lowest BCUT2D eigenvalue weighted by Crippen LogP contribution is -2.39. The molecule has 0 heterocycles. The fourth-order valence-electron chi connectivity index (χ4n) is 0.727. The Morgan fingerprint density at radius 3 is 1.82 bits per heavy atom. The van der Waals surface area contributed by atoms with Crippen molar-refractivity contribution in [3.8, 4) is 0 Å². The van der Waals surface area contributed by atoms with E-state index in [1.54, 1.807) is 0 Å². The van der Waals surface area contributed by atoms with Crippen LogP contribution in [0.25, 0.3) is 0 Å². The highest BCUT2D eigenvalue weighted by molar-refractivity contribution is 9.09. The third-order valence-corrected chi connectivity index (χ3v) is 9.10. The highest BCUT2D eigenvalue weighted by Gasteiger charge is 2.35. The van der Waals surface area contributed by atoms with Gasteiger partial charge in [-0.15, -0.1) is 0 Å². The standard InChI is InChI=1S/C8H19BrOSi/c1-8(2,3)11(4,5)6-7(9)10/h7,10H,6H2,1-5H3. The van der Waals surface area contributed by atoms with Crippen LogP contribution >= 0.6 is 15.9 Å². The van der Waals surface area contributed by atoms with Gasteiger partial charge in [-0.1, -0.05) is 49.8 Å². The van der Waals surface area contributed by atoms with E-state index in [2.05, 4.69) is 49.8 Å². The van der Waals surface area contributed by atoms with E-state index in [0.29, 0.717) is 5.04 Å². The molecule has 0 spiro atoms. The van der Waals surface area contributed by atoms with Gasteiger partial charge in [-0.3, -0.25) is 0 Å². The topological polar surface area (TPSA) is 20.2 Å². The first-order valence-corrected chi connectivity index (χ1v) is 8.11. The Morgan fingerprint density at radius 1 is 1.36 bits per heavy atom. The number of alkyl halides is 1. The summed E-state index contributed by atoms with van der Waals surface area (Å²) >= 11 is 3.19. The molecule has 1 atom stereocenters. The Hall–Kier alpha value is 0.657. The maximum absolute atomic E-state index is 9.20. The molecule has 0 radical (unpaired) electrons. The van der Waals surface area contributed by atoms with Crippen molar-refractivity contribution in [1.29, 1.82) is 0 Å². The van der Waals surface area contributed by atoms with Crippen LogP contribution in [-0.4, -0.2) is 18.2 Å². The molecule has 0 aliphatic rings. The normalized spacial score (nSPS) is 16.6. The number of halogens is 1. The van der Waals surface area contributed by atoms with Crippen molar-refractivity contribution in [2.24, 2.45) is 0 Å². The minimum Gasteiger partial charge on any atom is -0.382 e. The van der Waals surface area contributed by atoms with Crippen molar-refractivity contribution in [3.63, 3.8) is 0 Å². The van der Waals surface area contributed by atoms with Gasteiger partial charge in [0.05, 0.1) is 8.07 Å². The van der Waals surface area contributed by atoms with Gasteiger partial charge in [0.15, 0.2) is 0 Å². The van der Waals surface area contributed by atoms with E-state index in [0.717, 1.165) is 6.04 Å². The second-order valence-corrected chi connectivity index (χ2v) is 11.5. The third kappa shape index (κ3) is 3.72. The van der Waals surface area contributed by atoms with Crippen molar-refractivity contribution < 1.29 is 5.11 Å². The lowest BCUT2D eigenvalue weighted by atomic mass is 10.2. The van der Waals surface area contributed by atoms with Gasteiger partial charge in [-0.2, -0.15) is 0 Å². The second-order valence-electron chi connectivity index (χ2n) is 4.77. The van der Waals surface area contributed by atoms with Gasteiger partial charge in [0, 0.05) is 0 Å². The molecule has 0 aliphatic carbocycles. The lowest BCUT2D eigenvalue weighted by Gasteiger charge is -2.37. The van der Waals surface area contributed by atoms with E-state index in [1.807, 2.05) is 0 Å². The predicted molar refractivity (Wildman–Crippen MR) is 56.9 cm³/mol. The van der Waals surface area contributed by atoms with E-state index in [4.69, 9.17) is 0 Å². The molecular weight excluding hydrogens is 220 g/mol. The van der Waals surface area contributed by atoms with Crippen LogP contribution < -0.4 is 0 Å². The average molecular weight is 239 g/mol. The molecule has 11 heavy (non-hydrogen) atoms. The van der Waals surface area contributed by atoms with Crippen molar-refractivity contribution in [3.05, 3.63) is 0 Å². The molecule has 0 aromatic carbocycles. The molecule has 0 rings (SSSR count). The molecule has 0 fully saturated rings. The SMILES string of the molecule is CC(C)(C)[Si](C)(C)CC(O)Br. The molecule has 3 heteroatoms. The molecule has 0 saturated heterocycles. The molecule has 0 saturated carbocycles. The number of rotatable bonds is 2. The van der Waals surface area contributed by atoms with Crippen LogP contribution in [0.5, 0.6) is 0 Å². The van der Waals surface area contributed by atoms with Gasteiger partial charge in [0.25, 0.3) is 0 Å². The Bertz CT molecular complexity index is 127. The lowest BCUT2D eigenvalue weighted by molar-refractivity contribution is 0.287. The predicted octanol–water partition coefficient (Wildman–Crippen LogP) is 3.21. The number of hydrogen-bond donors (Lipinski definition) is 1. The van der Waals surface area contributed by atoms with E-state index in [-0.39, 0.29) is 5.01 Å². The zero-order valence-electron chi connectivity index (χ0n) is 8.11. The second kappa shape index (κ2) is 3.58. The fourth-order valence-corrected chi connectivity index (χ4v) is 4.61. The van der Waals surface area contributed by atoms with Gasteiger partial charge in [0.2, 0.25) is 0 Å². The monoisotopic (exact) mass is 238 g/mol. The summed E-state index contributed by atoms with van der Waals surface area (Å²) in [4.78, 5) is 0. The van der Waals surface area contributed by atoms with Crippen LogP contribution in [0.3, 0.4) is 0 Å². The summed E-state index contributed by atoms with van der Waals surface area (Å²) in [5, 5.41) is 9.26. The highest BCUT2D eigenvalue weighted by Crippen LogP contribution is 2.39. The van der Waals surface area contributed by atoms with Crippen LogP contribution in [0.2, 0.25) is 24.2 Å². The molecular formula is C8H19BrOSi. The van der Waals surface area contributed by atoms with E-state index >= 15 is 0 Å². The number of aliphatic hydroxyl groups is 1. The molecule has 1 unspecified atom stereocenters. The summed E-state index contributed by atoms with van der Waals surface area (Å²) in [6, 6.07) is 0.927. The Kier molecular flexibility index (Phi) is 3.80. The largest absolute Gasteiger partial charge is 0.382 e. The summed E-state index contributed by atoms with van der Waals surface area (Å²) in [5.41, 5.74) is 0. The number of aliphatic hydroxyl groups excluding tert-OH is 1. The highest BCUT2D eigenvalue weighted by atomic mass is 79.9.